The molecule has 0 saturated carbocycles. The van der Waals surface area contributed by atoms with Gasteiger partial charge >= 0.3 is 0 Å². The third-order valence-electron chi connectivity index (χ3n) is 7.85. The summed E-state index contributed by atoms with van der Waals surface area (Å²) in [6.45, 7) is 3.97. The van der Waals surface area contributed by atoms with Crippen LogP contribution in [0.15, 0.2) is 126 Å². The fourth-order valence-corrected chi connectivity index (χ4v) is 5.49. The summed E-state index contributed by atoms with van der Waals surface area (Å²) < 4.78 is 19.8. The van der Waals surface area contributed by atoms with Crippen molar-refractivity contribution < 1.29 is 18.4 Å². The third kappa shape index (κ3) is 5.50. The number of carbonyl (C=O) groups is 2. The van der Waals surface area contributed by atoms with Crippen molar-refractivity contribution in [2.24, 2.45) is 0 Å². The largest absolute Gasteiger partial charge is 0.455 e. The molecule has 5 aromatic carbocycles. The van der Waals surface area contributed by atoms with E-state index < -0.39 is 5.54 Å². The number of amides is 2. The molecule has 0 spiro atoms. The second-order valence-electron chi connectivity index (χ2n) is 11.2. The Morgan fingerprint density at radius 2 is 1.30 bits per heavy atom. The van der Waals surface area contributed by atoms with Crippen LogP contribution in [0.3, 0.4) is 0 Å². The van der Waals surface area contributed by atoms with Crippen molar-refractivity contribution in [3.05, 3.63) is 144 Å². The van der Waals surface area contributed by atoms with E-state index in [1.54, 1.807) is 19.2 Å². The first kappa shape index (κ1) is 28.6. The lowest BCUT2D eigenvalue weighted by molar-refractivity contribution is 0.0911. The van der Waals surface area contributed by atoms with Crippen LogP contribution in [0.1, 0.15) is 40.1 Å². The van der Waals surface area contributed by atoms with E-state index in [9.17, 15) is 14.0 Å². The SMILES string of the molecule is CNC(=O)c1c(-c2ccc(F)cc2)oc2ccc(-c3ccc(-c4ccccc4)c(C(=O)NC(C)(C)c4ccccc4)c3)cc12. The summed E-state index contributed by atoms with van der Waals surface area (Å²) >= 11 is 0. The molecule has 2 amide bonds. The van der Waals surface area contributed by atoms with Gasteiger partial charge in [0.05, 0.1) is 11.1 Å². The molecule has 44 heavy (non-hydrogen) atoms. The standard InChI is InChI=1S/C38H31FN2O3/c1-38(2,28-12-8-5-9-13-28)41-36(42)31-22-26(16-20-30(31)24-10-6-4-7-11-24)27-17-21-33-32(23-27)34(37(43)40-3)35(44-33)25-14-18-29(39)19-15-25/h4-23H,1-3H3,(H,40,43)(H,41,42). The summed E-state index contributed by atoms with van der Waals surface area (Å²) in [4.78, 5) is 27.1. The Morgan fingerprint density at radius 1 is 0.682 bits per heavy atom. The van der Waals surface area contributed by atoms with Crippen LogP contribution in [0, 0.1) is 5.82 Å². The van der Waals surface area contributed by atoms with E-state index in [1.165, 1.54) is 12.1 Å². The van der Waals surface area contributed by atoms with Crippen molar-refractivity contribution in [1.29, 1.82) is 0 Å². The molecule has 6 heteroatoms. The van der Waals surface area contributed by atoms with Gasteiger partial charge in [-0.15, -0.1) is 0 Å². The van der Waals surface area contributed by atoms with E-state index in [2.05, 4.69) is 10.6 Å². The zero-order valence-electron chi connectivity index (χ0n) is 24.6. The maximum absolute atomic E-state index is 14.0. The molecule has 0 bridgehead atoms. The highest BCUT2D eigenvalue weighted by atomic mass is 19.1. The van der Waals surface area contributed by atoms with Crippen LogP contribution in [-0.4, -0.2) is 18.9 Å². The average molecular weight is 583 g/mol. The van der Waals surface area contributed by atoms with Crippen molar-refractivity contribution in [2.75, 3.05) is 7.05 Å². The van der Waals surface area contributed by atoms with Crippen LogP contribution < -0.4 is 10.6 Å². The van der Waals surface area contributed by atoms with Gasteiger partial charge in [0.25, 0.3) is 11.8 Å². The Kier molecular flexibility index (Phi) is 7.58. The number of fused-ring (bicyclic) bond motifs is 1. The maximum atomic E-state index is 14.0. The minimum absolute atomic E-state index is 0.200. The lowest BCUT2D eigenvalue weighted by atomic mass is 9.91. The topological polar surface area (TPSA) is 71.3 Å². The predicted molar refractivity (Wildman–Crippen MR) is 173 cm³/mol. The van der Waals surface area contributed by atoms with Crippen molar-refractivity contribution in [1.82, 2.24) is 10.6 Å². The maximum Gasteiger partial charge on any atom is 0.255 e. The number of carbonyl (C=O) groups excluding carboxylic acids is 2. The Hall–Kier alpha value is -5.49. The molecule has 0 aliphatic heterocycles. The highest BCUT2D eigenvalue weighted by Gasteiger charge is 2.26. The van der Waals surface area contributed by atoms with E-state index >= 15 is 0 Å². The fraction of sp³-hybridized carbons (Fsp3) is 0.105. The van der Waals surface area contributed by atoms with E-state index in [4.69, 9.17) is 4.42 Å². The molecule has 0 unspecified atom stereocenters. The van der Waals surface area contributed by atoms with E-state index in [0.717, 1.165) is 27.8 Å². The second-order valence-corrected chi connectivity index (χ2v) is 11.2. The number of halogens is 1. The van der Waals surface area contributed by atoms with Gasteiger partial charge in [0.1, 0.15) is 17.2 Å². The number of hydrogen-bond acceptors (Lipinski definition) is 3. The van der Waals surface area contributed by atoms with Crippen molar-refractivity contribution in [3.8, 4) is 33.6 Å². The first-order chi connectivity index (χ1) is 21.2. The van der Waals surface area contributed by atoms with Crippen LogP contribution in [0.2, 0.25) is 0 Å². The monoisotopic (exact) mass is 582 g/mol. The molecular weight excluding hydrogens is 551 g/mol. The minimum atomic E-state index is -0.614. The molecule has 2 N–H and O–H groups in total. The van der Waals surface area contributed by atoms with Crippen molar-refractivity contribution >= 4 is 22.8 Å². The lowest BCUT2D eigenvalue weighted by Crippen LogP contribution is -2.41. The Labute approximate surface area is 255 Å². The number of rotatable bonds is 7. The number of hydrogen-bond donors (Lipinski definition) is 2. The van der Waals surface area contributed by atoms with Crippen molar-refractivity contribution in [2.45, 2.75) is 19.4 Å². The number of furan rings is 1. The summed E-state index contributed by atoms with van der Waals surface area (Å²) in [5.41, 5.74) is 5.74. The van der Waals surface area contributed by atoms with Gasteiger partial charge in [-0.25, -0.2) is 4.39 Å². The summed E-state index contributed by atoms with van der Waals surface area (Å²) in [5, 5.41) is 6.55. The molecule has 6 aromatic rings. The molecule has 0 aliphatic carbocycles. The first-order valence-electron chi connectivity index (χ1n) is 14.4. The quantitative estimate of drug-likeness (QED) is 0.198. The smallest absolute Gasteiger partial charge is 0.255 e. The molecule has 1 heterocycles. The molecule has 5 nitrogen and oxygen atoms in total. The van der Waals surface area contributed by atoms with Crippen LogP contribution in [-0.2, 0) is 5.54 Å². The van der Waals surface area contributed by atoms with E-state index in [0.29, 0.717) is 33.4 Å². The molecule has 0 atom stereocenters. The molecule has 1 aromatic heterocycles. The molecule has 218 valence electrons. The molecule has 0 saturated heterocycles. The zero-order chi connectivity index (χ0) is 30.8. The highest BCUT2D eigenvalue weighted by molar-refractivity contribution is 6.12. The number of benzene rings is 5. The van der Waals surface area contributed by atoms with E-state index in [-0.39, 0.29) is 17.6 Å². The predicted octanol–water partition coefficient (Wildman–Crippen LogP) is 8.60. The highest BCUT2D eigenvalue weighted by Crippen LogP contribution is 2.37. The summed E-state index contributed by atoms with van der Waals surface area (Å²) in [7, 11) is 1.56. The Balaban J connectivity index is 1.46. The molecule has 0 radical (unpaired) electrons. The molecule has 0 aliphatic rings. The van der Waals surface area contributed by atoms with Gasteiger partial charge in [-0.2, -0.15) is 0 Å². The van der Waals surface area contributed by atoms with Gasteiger partial charge in [-0.05, 0) is 84.1 Å². The van der Waals surface area contributed by atoms with Crippen LogP contribution in [0.5, 0.6) is 0 Å². The minimum Gasteiger partial charge on any atom is -0.455 e. The fourth-order valence-electron chi connectivity index (χ4n) is 5.49. The summed E-state index contributed by atoms with van der Waals surface area (Å²) in [5.74, 6) is -0.532. The molecule has 6 rings (SSSR count). The average Bonchev–Trinajstić information content (AvgIpc) is 3.44. The molecular formula is C38H31FN2O3. The van der Waals surface area contributed by atoms with Crippen LogP contribution >= 0.6 is 0 Å². The lowest BCUT2D eigenvalue weighted by Gasteiger charge is -2.27. The van der Waals surface area contributed by atoms with Gasteiger partial charge in [0.2, 0.25) is 0 Å². The van der Waals surface area contributed by atoms with Gasteiger partial charge in [0.15, 0.2) is 0 Å². The van der Waals surface area contributed by atoms with Gasteiger partial charge in [-0.3, -0.25) is 9.59 Å². The van der Waals surface area contributed by atoms with Gasteiger partial charge < -0.3 is 15.1 Å². The van der Waals surface area contributed by atoms with Crippen molar-refractivity contribution in [3.63, 3.8) is 0 Å². The Bertz CT molecular complexity index is 1980. The number of nitrogens with one attached hydrogen (secondary N) is 2. The van der Waals surface area contributed by atoms with Gasteiger partial charge in [-0.1, -0.05) is 78.9 Å². The molecule has 0 fully saturated rings. The van der Waals surface area contributed by atoms with Crippen LogP contribution in [0.4, 0.5) is 4.39 Å². The second kappa shape index (κ2) is 11.7. The first-order valence-corrected chi connectivity index (χ1v) is 14.4. The zero-order valence-corrected chi connectivity index (χ0v) is 24.6. The summed E-state index contributed by atoms with van der Waals surface area (Å²) in [6.07, 6.45) is 0. The van der Waals surface area contributed by atoms with Crippen LogP contribution in [0.25, 0.3) is 44.5 Å². The third-order valence-corrected chi connectivity index (χ3v) is 7.85. The Morgan fingerprint density at radius 3 is 1.98 bits per heavy atom. The summed E-state index contributed by atoms with van der Waals surface area (Å²) in [6, 6.07) is 37.0. The normalized spacial score (nSPS) is 11.4. The van der Waals surface area contributed by atoms with E-state index in [1.807, 2.05) is 111 Å². The van der Waals surface area contributed by atoms with Gasteiger partial charge in [0, 0.05) is 23.6 Å².